The van der Waals surface area contributed by atoms with Gasteiger partial charge in [-0.2, -0.15) is 0 Å². The number of hydrogen-bond donors (Lipinski definition) is 2. The Balaban J connectivity index is 1.68. The second-order valence-electron chi connectivity index (χ2n) is 4.36. The monoisotopic (exact) mass is 380 g/mol. The van der Waals surface area contributed by atoms with Gasteiger partial charge in [0.1, 0.15) is 6.54 Å². The molecular weight excluding hydrogens is 368 g/mol. The fourth-order valence-corrected chi connectivity index (χ4v) is 1.90. The molecule has 7 nitrogen and oxygen atoms in total. The summed E-state index contributed by atoms with van der Waals surface area (Å²) in [5.74, 6) is -1.69. The van der Waals surface area contributed by atoms with Crippen LogP contribution in [-0.4, -0.2) is 30.9 Å². The summed E-state index contributed by atoms with van der Waals surface area (Å²) >= 11 is 3.07. The minimum Gasteiger partial charge on any atom is -0.454 e. The first-order chi connectivity index (χ1) is 11.0. The zero-order chi connectivity index (χ0) is 16.7. The Bertz CT molecular complexity index is 699. The fraction of sp³-hybridized carbons (Fsp3) is 0.133. The van der Waals surface area contributed by atoms with E-state index in [-0.39, 0.29) is 12.3 Å². The second-order valence-corrected chi connectivity index (χ2v) is 5.14. The van der Waals surface area contributed by atoms with Gasteiger partial charge in [-0.15, -0.1) is 0 Å². The van der Waals surface area contributed by atoms with Crippen molar-refractivity contribution in [2.24, 2.45) is 0 Å². The maximum atomic E-state index is 11.6. The van der Waals surface area contributed by atoms with Crippen LogP contribution in [-0.2, 0) is 14.3 Å². The van der Waals surface area contributed by atoms with Gasteiger partial charge in [-0.25, -0.2) is 0 Å². The largest absolute Gasteiger partial charge is 0.454 e. The molecule has 23 heavy (non-hydrogen) atoms. The van der Waals surface area contributed by atoms with Gasteiger partial charge in [0.25, 0.3) is 11.8 Å². The van der Waals surface area contributed by atoms with Gasteiger partial charge in [0.05, 0.1) is 0 Å². The van der Waals surface area contributed by atoms with Gasteiger partial charge in [-0.05, 0) is 40.2 Å². The summed E-state index contributed by atoms with van der Waals surface area (Å²) in [7, 11) is 0. The number of rotatable bonds is 6. The minimum absolute atomic E-state index is 0.0616. The number of benzene rings is 1. The number of amides is 2. The third kappa shape index (κ3) is 5.59. The molecule has 0 saturated carbocycles. The third-order valence-corrected chi connectivity index (χ3v) is 3.04. The number of carbonyl (C=O) groups excluding carboxylic acids is 3. The molecule has 1 aromatic heterocycles. The van der Waals surface area contributed by atoms with E-state index in [2.05, 4.69) is 26.6 Å². The Kier molecular flexibility index (Phi) is 5.93. The van der Waals surface area contributed by atoms with Crippen LogP contribution in [0.25, 0.3) is 0 Å². The van der Waals surface area contributed by atoms with Crippen molar-refractivity contribution in [2.45, 2.75) is 0 Å². The highest BCUT2D eigenvalue weighted by Crippen LogP contribution is 2.13. The van der Waals surface area contributed by atoms with E-state index in [1.165, 1.54) is 6.07 Å². The van der Waals surface area contributed by atoms with Crippen LogP contribution in [0.5, 0.6) is 0 Å². The topological polar surface area (TPSA) is 97.6 Å². The van der Waals surface area contributed by atoms with E-state index < -0.39 is 24.4 Å². The van der Waals surface area contributed by atoms with Crippen LogP contribution >= 0.6 is 15.9 Å². The number of para-hydroxylation sites is 1. The fourth-order valence-electron chi connectivity index (χ4n) is 1.59. The summed E-state index contributed by atoms with van der Waals surface area (Å²) in [6.07, 6.45) is 0. The van der Waals surface area contributed by atoms with Gasteiger partial charge in [0, 0.05) is 5.69 Å². The lowest BCUT2D eigenvalue weighted by molar-refractivity contribution is -0.146. The smallest absolute Gasteiger partial charge is 0.325 e. The molecule has 0 fully saturated rings. The summed E-state index contributed by atoms with van der Waals surface area (Å²) in [4.78, 5) is 34.7. The second kappa shape index (κ2) is 8.14. The lowest BCUT2D eigenvalue weighted by Gasteiger charge is -2.07. The molecule has 0 bridgehead atoms. The Morgan fingerprint density at radius 3 is 2.48 bits per heavy atom. The molecule has 2 amide bonds. The average Bonchev–Trinajstić information content (AvgIpc) is 2.98. The highest BCUT2D eigenvalue weighted by Gasteiger charge is 2.13. The number of anilines is 1. The van der Waals surface area contributed by atoms with Crippen LogP contribution in [0.15, 0.2) is 51.6 Å². The minimum atomic E-state index is -0.729. The van der Waals surface area contributed by atoms with Gasteiger partial charge >= 0.3 is 5.97 Å². The van der Waals surface area contributed by atoms with Crippen molar-refractivity contribution in [1.82, 2.24) is 5.32 Å². The van der Waals surface area contributed by atoms with E-state index in [0.29, 0.717) is 10.4 Å². The van der Waals surface area contributed by atoms with Gasteiger partial charge in [0.15, 0.2) is 17.0 Å². The molecular formula is C15H13BrN2O5. The zero-order valence-corrected chi connectivity index (χ0v) is 13.5. The van der Waals surface area contributed by atoms with Crippen LogP contribution in [0.2, 0.25) is 0 Å². The van der Waals surface area contributed by atoms with Gasteiger partial charge < -0.3 is 19.8 Å². The lowest BCUT2D eigenvalue weighted by atomic mass is 10.3. The van der Waals surface area contributed by atoms with Crippen molar-refractivity contribution in [3.8, 4) is 0 Å². The summed E-state index contributed by atoms with van der Waals surface area (Å²) < 4.78 is 10.2. The highest BCUT2D eigenvalue weighted by atomic mass is 79.9. The number of hydrogen-bond acceptors (Lipinski definition) is 5. The number of ether oxygens (including phenoxy) is 1. The Morgan fingerprint density at radius 1 is 1.09 bits per heavy atom. The van der Waals surface area contributed by atoms with E-state index in [1.807, 2.05) is 6.07 Å². The molecule has 2 rings (SSSR count). The molecule has 120 valence electrons. The van der Waals surface area contributed by atoms with Gasteiger partial charge in [0.2, 0.25) is 0 Å². The molecule has 0 aliphatic carbocycles. The maximum Gasteiger partial charge on any atom is 0.325 e. The van der Waals surface area contributed by atoms with Crippen LogP contribution in [0.4, 0.5) is 5.69 Å². The molecule has 0 unspecified atom stereocenters. The molecule has 0 spiro atoms. The number of furan rings is 1. The molecule has 2 N–H and O–H groups in total. The summed E-state index contributed by atoms with van der Waals surface area (Å²) in [6.45, 7) is -0.800. The van der Waals surface area contributed by atoms with Crippen LogP contribution in [0, 0.1) is 0 Å². The summed E-state index contributed by atoms with van der Waals surface area (Å²) in [5, 5.41) is 4.89. The van der Waals surface area contributed by atoms with Crippen molar-refractivity contribution in [2.75, 3.05) is 18.5 Å². The number of halogens is 1. The quantitative estimate of drug-likeness (QED) is 0.746. The standard InChI is InChI=1S/C15H13BrN2O5/c16-12-7-6-11(23-12)15(21)17-8-14(20)22-9-13(19)18-10-4-2-1-3-5-10/h1-7H,8-9H2,(H,17,21)(H,18,19). The third-order valence-electron chi connectivity index (χ3n) is 2.61. The van der Waals surface area contributed by atoms with Crippen molar-refractivity contribution in [3.63, 3.8) is 0 Å². The van der Waals surface area contributed by atoms with Crippen molar-refractivity contribution in [1.29, 1.82) is 0 Å². The van der Waals surface area contributed by atoms with Gasteiger partial charge in [-0.3, -0.25) is 14.4 Å². The molecule has 8 heteroatoms. The average molecular weight is 381 g/mol. The maximum absolute atomic E-state index is 11.6. The predicted molar refractivity (Wildman–Crippen MR) is 84.8 cm³/mol. The number of nitrogens with one attached hydrogen (secondary N) is 2. The van der Waals surface area contributed by atoms with E-state index in [4.69, 9.17) is 9.15 Å². The van der Waals surface area contributed by atoms with E-state index in [1.54, 1.807) is 30.3 Å². The van der Waals surface area contributed by atoms with E-state index in [9.17, 15) is 14.4 Å². The predicted octanol–water partition coefficient (Wildman–Crippen LogP) is 1.95. The molecule has 1 heterocycles. The lowest BCUT2D eigenvalue weighted by Crippen LogP contribution is -2.32. The molecule has 2 aromatic rings. The molecule has 1 aromatic carbocycles. The highest BCUT2D eigenvalue weighted by molar-refractivity contribution is 9.10. The molecule has 0 saturated heterocycles. The Labute approximate surface area is 140 Å². The van der Waals surface area contributed by atoms with Crippen molar-refractivity contribution in [3.05, 3.63) is 52.9 Å². The Morgan fingerprint density at radius 2 is 1.83 bits per heavy atom. The van der Waals surface area contributed by atoms with Crippen molar-refractivity contribution >= 4 is 39.4 Å². The Hall–Kier alpha value is -2.61. The molecule has 0 aliphatic heterocycles. The van der Waals surface area contributed by atoms with Crippen LogP contribution in [0.1, 0.15) is 10.6 Å². The van der Waals surface area contributed by atoms with Crippen LogP contribution in [0.3, 0.4) is 0 Å². The zero-order valence-electron chi connectivity index (χ0n) is 11.9. The van der Waals surface area contributed by atoms with Crippen LogP contribution < -0.4 is 10.6 Å². The van der Waals surface area contributed by atoms with E-state index >= 15 is 0 Å². The SMILES string of the molecule is O=C(COC(=O)CNC(=O)c1ccc(Br)o1)Nc1ccccc1. The molecule has 0 aliphatic rings. The summed E-state index contributed by atoms with van der Waals surface area (Å²) in [5.41, 5.74) is 0.602. The number of esters is 1. The summed E-state index contributed by atoms with van der Waals surface area (Å²) in [6, 6.07) is 11.8. The number of carbonyl (C=O) groups is 3. The van der Waals surface area contributed by atoms with E-state index in [0.717, 1.165) is 0 Å². The molecule has 0 atom stereocenters. The first kappa shape index (κ1) is 16.8. The normalized spacial score (nSPS) is 9.96. The first-order valence-electron chi connectivity index (χ1n) is 6.58. The molecule has 0 radical (unpaired) electrons. The van der Waals surface area contributed by atoms with Gasteiger partial charge in [-0.1, -0.05) is 18.2 Å². The first-order valence-corrected chi connectivity index (χ1v) is 7.38. The van der Waals surface area contributed by atoms with Crippen molar-refractivity contribution < 1.29 is 23.5 Å².